The molecular weight excluding hydrogens is 332 g/mol. The second-order valence-corrected chi connectivity index (χ2v) is 5.66. The highest BCUT2D eigenvalue weighted by atomic mass is 79.9. The van der Waals surface area contributed by atoms with Crippen LogP contribution in [0.4, 0.5) is 0 Å². The summed E-state index contributed by atoms with van der Waals surface area (Å²) in [6.07, 6.45) is 1.68. The van der Waals surface area contributed by atoms with E-state index in [-0.39, 0.29) is 5.38 Å². The molecule has 0 bridgehead atoms. The first kappa shape index (κ1) is 12.9. The molecule has 0 radical (unpaired) electrons. The molecule has 0 saturated heterocycles. The number of rotatable bonds is 2. The van der Waals surface area contributed by atoms with E-state index >= 15 is 0 Å². The molecule has 1 atom stereocenters. The summed E-state index contributed by atoms with van der Waals surface area (Å²) < 4.78 is 17.3. The van der Waals surface area contributed by atoms with Crippen LogP contribution in [0.3, 0.4) is 0 Å². The second kappa shape index (κ2) is 5.10. The largest absolute Gasteiger partial charge is 0.486 e. The van der Waals surface area contributed by atoms with E-state index in [0.717, 1.165) is 32.9 Å². The third kappa shape index (κ3) is 2.47. The van der Waals surface area contributed by atoms with Gasteiger partial charge in [0.15, 0.2) is 11.5 Å². The standard InChI is InChI=1S/C14H12BrClO3/c1-8-4-9(7-19-8)14(16)10-5-12-13(6-11(10)15)18-3-2-17-12/h4-7,14H,2-3H2,1H3. The van der Waals surface area contributed by atoms with E-state index < -0.39 is 0 Å². The van der Waals surface area contributed by atoms with Gasteiger partial charge in [-0.1, -0.05) is 15.9 Å². The van der Waals surface area contributed by atoms with Crippen molar-refractivity contribution >= 4 is 27.5 Å². The molecule has 5 heteroatoms. The Morgan fingerprint density at radius 3 is 2.47 bits per heavy atom. The van der Waals surface area contributed by atoms with Crippen LogP contribution in [-0.4, -0.2) is 13.2 Å². The van der Waals surface area contributed by atoms with Gasteiger partial charge in [-0.15, -0.1) is 11.6 Å². The van der Waals surface area contributed by atoms with Crippen molar-refractivity contribution in [2.75, 3.05) is 13.2 Å². The van der Waals surface area contributed by atoms with Crippen LogP contribution in [0, 0.1) is 6.92 Å². The number of furan rings is 1. The molecule has 1 aromatic heterocycles. The molecule has 1 aromatic carbocycles. The molecule has 100 valence electrons. The fraction of sp³-hybridized carbons (Fsp3) is 0.286. The molecule has 2 aromatic rings. The molecular formula is C14H12BrClO3. The monoisotopic (exact) mass is 342 g/mol. The highest BCUT2D eigenvalue weighted by molar-refractivity contribution is 9.10. The van der Waals surface area contributed by atoms with Crippen LogP contribution in [0.5, 0.6) is 11.5 Å². The topological polar surface area (TPSA) is 31.6 Å². The summed E-state index contributed by atoms with van der Waals surface area (Å²) in [6.45, 7) is 3.03. The van der Waals surface area contributed by atoms with E-state index in [2.05, 4.69) is 15.9 Å². The molecule has 0 fully saturated rings. The lowest BCUT2D eigenvalue weighted by molar-refractivity contribution is 0.171. The summed E-state index contributed by atoms with van der Waals surface area (Å²) in [5, 5.41) is -0.289. The fourth-order valence-electron chi connectivity index (χ4n) is 2.05. The van der Waals surface area contributed by atoms with Crippen molar-refractivity contribution in [2.45, 2.75) is 12.3 Å². The Morgan fingerprint density at radius 2 is 1.84 bits per heavy atom. The van der Waals surface area contributed by atoms with Gasteiger partial charge in [0, 0.05) is 10.0 Å². The van der Waals surface area contributed by atoms with E-state index in [1.165, 1.54) is 0 Å². The Labute approximate surface area is 124 Å². The Balaban J connectivity index is 2.00. The second-order valence-electron chi connectivity index (χ2n) is 4.37. The maximum Gasteiger partial charge on any atom is 0.162 e. The lowest BCUT2D eigenvalue weighted by Crippen LogP contribution is -2.15. The first-order valence-corrected chi connectivity index (χ1v) is 7.16. The summed E-state index contributed by atoms with van der Waals surface area (Å²) in [5.41, 5.74) is 1.86. The summed E-state index contributed by atoms with van der Waals surface area (Å²) in [5.74, 6) is 2.32. The molecule has 0 amide bonds. The smallest absolute Gasteiger partial charge is 0.162 e. The molecule has 3 rings (SSSR count). The zero-order valence-corrected chi connectivity index (χ0v) is 12.6. The van der Waals surface area contributed by atoms with Crippen molar-refractivity contribution in [3.8, 4) is 11.5 Å². The van der Waals surface area contributed by atoms with Gasteiger partial charge in [-0.05, 0) is 30.7 Å². The number of halogens is 2. The van der Waals surface area contributed by atoms with E-state index in [4.69, 9.17) is 25.5 Å². The van der Waals surface area contributed by atoms with Gasteiger partial charge in [0.1, 0.15) is 19.0 Å². The van der Waals surface area contributed by atoms with Crippen LogP contribution in [0.15, 0.2) is 33.4 Å². The molecule has 2 heterocycles. The van der Waals surface area contributed by atoms with Gasteiger partial charge in [0.25, 0.3) is 0 Å². The minimum atomic E-state index is -0.289. The lowest BCUT2D eigenvalue weighted by Gasteiger charge is -2.21. The zero-order chi connectivity index (χ0) is 13.4. The number of aryl methyl sites for hydroxylation is 1. The number of fused-ring (bicyclic) bond motifs is 1. The average molecular weight is 344 g/mol. The maximum absolute atomic E-state index is 6.51. The third-order valence-corrected chi connectivity index (χ3v) is 4.15. The number of hydrogen-bond donors (Lipinski definition) is 0. The summed E-state index contributed by atoms with van der Waals surface area (Å²) in [6, 6.07) is 5.74. The molecule has 0 spiro atoms. The minimum Gasteiger partial charge on any atom is -0.486 e. The number of alkyl halides is 1. The molecule has 19 heavy (non-hydrogen) atoms. The zero-order valence-electron chi connectivity index (χ0n) is 10.3. The molecule has 0 saturated carbocycles. The van der Waals surface area contributed by atoms with Gasteiger partial charge >= 0.3 is 0 Å². The minimum absolute atomic E-state index is 0.289. The van der Waals surface area contributed by atoms with Crippen molar-refractivity contribution in [3.05, 3.63) is 45.8 Å². The average Bonchev–Trinajstić information content (AvgIpc) is 2.84. The molecule has 3 nitrogen and oxygen atoms in total. The van der Waals surface area contributed by atoms with Crippen LogP contribution in [0.1, 0.15) is 22.3 Å². The Hall–Kier alpha value is -1.13. The quantitative estimate of drug-likeness (QED) is 0.755. The van der Waals surface area contributed by atoms with Crippen LogP contribution >= 0.6 is 27.5 Å². The summed E-state index contributed by atoms with van der Waals surface area (Å²) in [4.78, 5) is 0. The lowest BCUT2D eigenvalue weighted by atomic mass is 10.1. The van der Waals surface area contributed by atoms with Gasteiger partial charge in [-0.2, -0.15) is 0 Å². The molecule has 1 aliphatic rings. The van der Waals surface area contributed by atoms with E-state index in [1.807, 2.05) is 25.1 Å². The van der Waals surface area contributed by atoms with Crippen LogP contribution in [0.25, 0.3) is 0 Å². The van der Waals surface area contributed by atoms with E-state index in [0.29, 0.717) is 13.2 Å². The molecule has 1 aliphatic heterocycles. The Kier molecular flexibility index (Phi) is 3.46. The molecule has 0 N–H and O–H groups in total. The van der Waals surface area contributed by atoms with Crippen LogP contribution < -0.4 is 9.47 Å². The molecule has 0 aliphatic carbocycles. The van der Waals surface area contributed by atoms with Crippen molar-refractivity contribution in [1.29, 1.82) is 0 Å². The predicted octanol–water partition coefficient (Wildman–Crippen LogP) is 4.45. The highest BCUT2D eigenvalue weighted by Gasteiger charge is 2.21. The highest BCUT2D eigenvalue weighted by Crippen LogP contribution is 2.41. The Morgan fingerprint density at radius 1 is 1.16 bits per heavy atom. The predicted molar refractivity (Wildman–Crippen MR) is 76.3 cm³/mol. The normalized spacial score (nSPS) is 15.3. The third-order valence-electron chi connectivity index (χ3n) is 2.98. The van der Waals surface area contributed by atoms with Gasteiger partial charge in [0.2, 0.25) is 0 Å². The first-order chi connectivity index (χ1) is 9.15. The molecule has 1 unspecified atom stereocenters. The van der Waals surface area contributed by atoms with Gasteiger partial charge in [-0.25, -0.2) is 0 Å². The van der Waals surface area contributed by atoms with Crippen molar-refractivity contribution < 1.29 is 13.9 Å². The summed E-state index contributed by atoms with van der Waals surface area (Å²) in [7, 11) is 0. The summed E-state index contributed by atoms with van der Waals surface area (Å²) >= 11 is 10.0. The number of hydrogen-bond acceptors (Lipinski definition) is 3. The van der Waals surface area contributed by atoms with Crippen LogP contribution in [-0.2, 0) is 0 Å². The van der Waals surface area contributed by atoms with E-state index in [9.17, 15) is 0 Å². The van der Waals surface area contributed by atoms with Gasteiger partial charge in [-0.3, -0.25) is 0 Å². The van der Waals surface area contributed by atoms with E-state index in [1.54, 1.807) is 6.26 Å². The van der Waals surface area contributed by atoms with Crippen molar-refractivity contribution in [2.24, 2.45) is 0 Å². The first-order valence-electron chi connectivity index (χ1n) is 5.93. The SMILES string of the molecule is Cc1cc(C(Cl)c2cc3c(cc2Br)OCCO3)co1. The van der Waals surface area contributed by atoms with Crippen molar-refractivity contribution in [3.63, 3.8) is 0 Å². The number of benzene rings is 1. The Bertz CT molecular complexity index is 609. The maximum atomic E-state index is 6.51. The number of ether oxygens (including phenoxy) is 2. The van der Waals surface area contributed by atoms with Crippen molar-refractivity contribution in [1.82, 2.24) is 0 Å². The fourth-order valence-corrected chi connectivity index (χ4v) is 3.03. The van der Waals surface area contributed by atoms with Gasteiger partial charge in [0.05, 0.1) is 11.6 Å². The van der Waals surface area contributed by atoms with Crippen LogP contribution in [0.2, 0.25) is 0 Å². The van der Waals surface area contributed by atoms with Gasteiger partial charge < -0.3 is 13.9 Å².